The number of nitrogen functional groups attached to an aromatic ring is 1. The summed E-state index contributed by atoms with van der Waals surface area (Å²) < 4.78 is 19.4. The molecule has 0 spiro atoms. The average molecular weight is 289 g/mol. The Morgan fingerprint density at radius 1 is 1.25 bits per heavy atom. The number of ether oxygens (including phenoxy) is 1. The summed E-state index contributed by atoms with van der Waals surface area (Å²) in [6.07, 6.45) is 1.42. The van der Waals surface area contributed by atoms with Gasteiger partial charge in [-0.15, -0.1) is 11.3 Å². The fraction of sp³-hybridized carbons (Fsp3) is 0.143. The molecular formula is C14H12FN3OS. The van der Waals surface area contributed by atoms with Crippen molar-refractivity contribution in [1.29, 1.82) is 0 Å². The highest BCUT2D eigenvalue weighted by atomic mass is 32.1. The number of fused-ring (bicyclic) bond motifs is 1. The van der Waals surface area contributed by atoms with E-state index in [0.717, 1.165) is 20.7 Å². The largest absolute Gasteiger partial charge is 0.435 e. The van der Waals surface area contributed by atoms with Crippen molar-refractivity contribution in [2.45, 2.75) is 13.8 Å². The van der Waals surface area contributed by atoms with Crippen molar-refractivity contribution in [3.05, 3.63) is 40.8 Å². The predicted octanol–water partition coefficient (Wildman–Crippen LogP) is 3.82. The van der Waals surface area contributed by atoms with Crippen LogP contribution in [0, 0.1) is 19.7 Å². The third-order valence-corrected chi connectivity index (χ3v) is 4.21. The van der Waals surface area contributed by atoms with Gasteiger partial charge < -0.3 is 10.5 Å². The monoisotopic (exact) mass is 289 g/mol. The van der Waals surface area contributed by atoms with Gasteiger partial charge in [0.2, 0.25) is 5.88 Å². The minimum atomic E-state index is -0.513. The van der Waals surface area contributed by atoms with E-state index in [1.54, 1.807) is 17.4 Å². The van der Waals surface area contributed by atoms with Crippen LogP contribution in [-0.4, -0.2) is 9.97 Å². The van der Waals surface area contributed by atoms with Crippen molar-refractivity contribution in [3.8, 4) is 11.6 Å². The van der Waals surface area contributed by atoms with Crippen LogP contribution in [-0.2, 0) is 0 Å². The lowest BCUT2D eigenvalue weighted by molar-refractivity contribution is 0.432. The van der Waals surface area contributed by atoms with Gasteiger partial charge in [-0.2, -0.15) is 0 Å². The number of nitrogens with two attached hydrogens (primary N) is 1. The topological polar surface area (TPSA) is 61.0 Å². The maximum atomic E-state index is 13.8. The highest BCUT2D eigenvalue weighted by Gasteiger charge is 2.15. The molecule has 2 N–H and O–H groups in total. The van der Waals surface area contributed by atoms with Crippen LogP contribution in [0.3, 0.4) is 0 Å². The molecule has 0 aliphatic carbocycles. The second-order valence-corrected chi connectivity index (χ2v) is 5.64. The van der Waals surface area contributed by atoms with Gasteiger partial charge in [0.1, 0.15) is 11.2 Å². The first kappa shape index (κ1) is 12.8. The van der Waals surface area contributed by atoms with Crippen LogP contribution in [0.4, 0.5) is 10.1 Å². The maximum absolute atomic E-state index is 13.8. The Morgan fingerprint density at radius 3 is 2.80 bits per heavy atom. The molecule has 6 heteroatoms. The van der Waals surface area contributed by atoms with E-state index in [1.807, 2.05) is 13.8 Å². The highest BCUT2D eigenvalue weighted by Crippen LogP contribution is 2.36. The van der Waals surface area contributed by atoms with E-state index in [9.17, 15) is 4.39 Å². The number of rotatable bonds is 2. The van der Waals surface area contributed by atoms with Crippen molar-refractivity contribution < 1.29 is 9.13 Å². The van der Waals surface area contributed by atoms with E-state index in [0.29, 0.717) is 11.6 Å². The number of benzene rings is 1. The fourth-order valence-electron chi connectivity index (χ4n) is 1.93. The first-order valence-corrected chi connectivity index (χ1v) is 6.81. The molecule has 102 valence electrons. The summed E-state index contributed by atoms with van der Waals surface area (Å²) in [6.45, 7) is 3.99. The molecule has 0 aliphatic rings. The number of hydrogen-bond acceptors (Lipinski definition) is 5. The third-order valence-electron chi connectivity index (χ3n) is 3.09. The van der Waals surface area contributed by atoms with E-state index in [1.165, 1.54) is 18.5 Å². The lowest BCUT2D eigenvalue weighted by atomic mass is 10.2. The van der Waals surface area contributed by atoms with Crippen molar-refractivity contribution in [2.24, 2.45) is 0 Å². The summed E-state index contributed by atoms with van der Waals surface area (Å²) in [5.41, 5.74) is 6.92. The molecular weight excluding hydrogens is 277 g/mol. The molecule has 0 radical (unpaired) electrons. The number of aromatic nitrogens is 2. The highest BCUT2D eigenvalue weighted by molar-refractivity contribution is 7.18. The molecule has 3 rings (SSSR count). The molecule has 0 fully saturated rings. The van der Waals surface area contributed by atoms with Gasteiger partial charge in [0, 0.05) is 16.6 Å². The average Bonchev–Trinajstić information content (AvgIpc) is 2.69. The second-order valence-electron chi connectivity index (χ2n) is 4.43. The van der Waals surface area contributed by atoms with Crippen molar-refractivity contribution in [1.82, 2.24) is 9.97 Å². The molecule has 2 aromatic heterocycles. The molecule has 0 atom stereocenters. The quantitative estimate of drug-likeness (QED) is 0.728. The Labute approximate surface area is 119 Å². The lowest BCUT2D eigenvalue weighted by Gasteiger charge is -2.07. The molecule has 0 saturated heterocycles. The zero-order valence-corrected chi connectivity index (χ0v) is 11.8. The van der Waals surface area contributed by atoms with Gasteiger partial charge in [-0.1, -0.05) is 0 Å². The van der Waals surface area contributed by atoms with Gasteiger partial charge in [-0.3, -0.25) is 0 Å². The van der Waals surface area contributed by atoms with Crippen LogP contribution < -0.4 is 10.5 Å². The summed E-state index contributed by atoms with van der Waals surface area (Å²) in [7, 11) is 0. The van der Waals surface area contributed by atoms with Crippen LogP contribution in [0.5, 0.6) is 11.6 Å². The van der Waals surface area contributed by atoms with Crippen LogP contribution in [0.25, 0.3) is 10.2 Å². The SMILES string of the molecule is Cc1sc2ncnc(Oc3ccc(N)cc3F)c2c1C. The first-order valence-electron chi connectivity index (χ1n) is 6.00. The minimum absolute atomic E-state index is 0.0995. The minimum Gasteiger partial charge on any atom is -0.435 e. The Bertz CT molecular complexity index is 800. The van der Waals surface area contributed by atoms with Crippen LogP contribution in [0.1, 0.15) is 10.4 Å². The molecule has 20 heavy (non-hydrogen) atoms. The van der Waals surface area contributed by atoms with Crippen molar-refractivity contribution in [3.63, 3.8) is 0 Å². The number of hydrogen-bond donors (Lipinski definition) is 1. The molecule has 0 unspecified atom stereocenters. The number of anilines is 1. The molecule has 0 amide bonds. The Morgan fingerprint density at radius 2 is 2.05 bits per heavy atom. The van der Waals surface area contributed by atoms with Gasteiger partial charge in [0.15, 0.2) is 11.6 Å². The second kappa shape index (κ2) is 4.72. The lowest BCUT2D eigenvalue weighted by Crippen LogP contribution is -1.94. The molecule has 0 bridgehead atoms. The van der Waals surface area contributed by atoms with Gasteiger partial charge in [0.25, 0.3) is 0 Å². The van der Waals surface area contributed by atoms with Gasteiger partial charge in [-0.25, -0.2) is 14.4 Å². The normalized spacial score (nSPS) is 10.9. The number of nitrogens with zero attached hydrogens (tertiary/aromatic N) is 2. The van der Waals surface area contributed by atoms with E-state index in [-0.39, 0.29) is 5.75 Å². The summed E-state index contributed by atoms with van der Waals surface area (Å²) in [4.78, 5) is 10.3. The van der Waals surface area contributed by atoms with Crippen molar-refractivity contribution >= 4 is 27.2 Å². The predicted molar refractivity (Wildman–Crippen MR) is 77.8 cm³/mol. The summed E-state index contributed by atoms with van der Waals surface area (Å²) in [6, 6.07) is 4.30. The number of aryl methyl sites for hydroxylation is 2. The molecule has 4 nitrogen and oxygen atoms in total. The zero-order chi connectivity index (χ0) is 14.3. The van der Waals surface area contributed by atoms with Gasteiger partial charge in [-0.05, 0) is 31.5 Å². The molecule has 2 heterocycles. The summed E-state index contributed by atoms with van der Waals surface area (Å²) in [5, 5.41) is 0.825. The molecule has 3 aromatic rings. The van der Waals surface area contributed by atoms with Gasteiger partial charge >= 0.3 is 0 Å². The summed E-state index contributed by atoms with van der Waals surface area (Å²) >= 11 is 1.57. The van der Waals surface area contributed by atoms with Crippen LogP contribution in [0.2, 0.25) is 0 Å². The molecule has 0 saturated carbocycles. The Balaban J connectivity index is 2.11. The Hall–Kier alpha value is -2.21. The number of halogens is 1. The smallest absolute Gasteiger partial charge is 0.231 e. The summed E-state index contributed by atoms with van der Waals surface area (Å²) in [5.74, 6) is -0.0515. The fourth-order valence-corrected chi connectivity index (χ4v) is 2.92. The van der Waals surface area contributed by atoms with Crippen molar-refractivity contribution in [2.75, 3.05) is 5.73 Å². The third kappa shape index (κ3) is 2.08. The van der Waals surface area contributed by atoms with Gasteiger partial charge in [0.05, 0.1) is 5.39 Å². The Kier molecular flexibility index (Phi) is 3.02. The van der Waals surface area contributed by atoms with E-state index < -0.39 is 5.82 Å². The molecule has 0 aliphatic heterocycles. The zero-order valence-electron chi connectivity index (χ0n) is 11.0. The first-order chi connectivity index (χ1) is 9.56. The number of thiophene rings is 1. The standard InChI is InChI=1S/C14H12FN3OS/c1-7-8(2)20-14-12(7)13(17-6-18-14)19-11-4-3-9(16)5-10(11)15/h3-6H,16H2,1-2H3. The van der Waals surface area contributed by atoms with E-state index in [2.05, 4.69) is 9.97 Å². The maximum Gasteiger partial charge on any atom is 0.231 e. The van der Waals surface area contributed by atoms with E-state index in [4.69, 9.17) is 10.5 Å². The van der Waals surface area contributed by atoms with Crippen LogP contribution in [0.15, 0.2) is 24.5 Å². The van der Waals surface area contributed by atoms with Crippen LogP contribution >= 0.6 is 11.3 Å². The molecule has 1 aromatic carbocycles. The van der Waals surface area contributed by atoms with E-state index >= 15 is 0 Å².